The summed E-state index contributed by atoms with van der Waals surface area (Å²) in [7, 11) is 0. The van der Waals surface area contributed by atoms with Gasteiger partial charge in [-0.2, -0.15) is 0 Å². The Labute approximate surface area is 84.3 Å². The number of nitrogens with two attached hydrogens (primary N) is 1. The van der Waals surface area contributed by atoms with E-state index in [9.17, 15) is 4.79 Å². The van der Waals surface area contributed by atoms with Crippen molar-refractivity contribution in [1.82, 2.24) is 5.32 Å². The summed E-state index contributed by atoms with van der Waals surface area (Å²) in [5.74, 6) is 0.0310. The highest BCUT2D eigenvalue weighted by molar-refractivity contribution is 5.75. The van der Waals surface area contributed by atoms with E-state index in [1.807, 2.05) is 18.2 Å². The normalized spacial score (nSPS) is 9.79. The predicted molar refractivity (Wildman–Crippen MR) is 56.8 cm³/mol. The highest BCUT2D eigenvalue weighted by atomic mass is 16.1. The molecule has 3 nitrogen and oxygen atoms in total. The average molecular weight is 192 g/mol. The van der Waals surface area contributed by atoms with Crippen LogP contribution in [-0.2, 0) is 11.2 Å². The van der Waals surface area contributed by atoms with E-state index < -0.39 is 0 Å². The minimum absolute atomic E-state index is 0.0310. The lowest BCUT2D eigenvalue weighted by molar-refractivity contribution is -0.120. The molecule has 76 valence electrons. The van der Waals surface area contributed by atoms with Crippen LogP contribution >= 0.6 is 0 Å². The molecule has 0 fully saturated rings. The van der Waals surface area contributed by atoms with Crippen LogP contribution in [0.5, 0.6) is 0 Å². The molecule has 1 aromatic rings. The summed E-state index contributed by atoms with van der Waals surface area (Å²) in [6, 6.07) is 10.1. The van der Waals surface area contributed by atoms with Crippen molar-refractivity contribution >= 4 is 5.91 Å². The number of nitrogens with one attached hydrogen (secondary N) is 1. The molecule has 0 spiro atoms. The molecule has 0 aliphatic rings. The van der Waals surface area contributed by atoms with Crippen LogP contribution in [0.1, 0.15) is 12.0 Å². The van der Waals surface area contributed by atoms with Crippen LogP contribution in [-0.4, -0.2) is 19.0 Å². The summed E-state index contributed by atoms with van der Waals surface area (Å²) in [4.78, 5) is 11.0. The van der Waals surface area contributed by atoms with E-state index in [4.69, 9.17) is 5.73 Å². The molecule has 0 heterocycles. The fraction of sp³-hybridized carbons (Fsp3) is 0.364. The van der Waals surface area contributed by atoms with Crippen LogP contribution in [0.4, 0.5) is 0 Å². The number of hydrogen-bond acceptors (Lipinski definition) is 2. The Bertz CT molecular complexity index is 272. The lowest BCUT2D eigenvalue weighted by Crippen LogP contribution is -2.27. The van der Waals surface area contributed by atoms with Crippen molar-refractivity contribution in [3.05, 3.63) is 35.9 Å². The van der Waals surface area contributed by atoms with Crippen molar-refractivity contribution in [1.29, 1.82) is 0 Å². The highest BCUT2D eigenvalue weighted by Crippen LogP contribution is 1.97. The summed E-state index contributed by atoms with van der Waals surface area (Å²) in [5, 5.41) is 2.81. The molecule has 0 atom stereocenters. The second kappa shape index (κ2) is 6.16. The maximum atomic E-state index is 11.0. The molecule has 0 radical (unpaired) electrons. The minimum Gasteiger partial charge on any atom is -0.356 e. The van der Waals surface area contributed by atoms with Crippen molar-refractivity contribution in [2.24, 2.45) is 5.73 Å². The number of hydrogen-bond donors (Lipinski definition) is 2. The zero-order valence-corrected chi connectivity index (χ0v) is 8.20. The topological polar surface area (TPSA) is 55.1 Å². The first-order chi connectivity index (χ1) is 6.83. The molecule has 0 bridgehead atoms. The second-order valence-corrected chi connectivity index (χ2v) is 3.12. The van der Waals surface area contributed by atoms with Gasteiger partial charge in [0.25, 0.3) is 0 Å². The zero-order valence-electron chi connectivity index (χ0n) is 8.20. The number of rotatable bonds is 5. The fourth-order valence-electron chi connectivity index (χ4n) is 1.21. The lowest BCUT2D eigenvalue weighted by atomic mass is 10.1. The fourth-order valence-corrected chi connectivity index (χ4v) is 1.21. The van der Waals surface area contributed by atoms with Crippen LogP contribution in [0.15, 0.2) is 30.3 Å². The van der Waals surface area contributed by atoms with Gasteiger partial charge >= 0.3 is 0 Å². The third-order valence-corrected chi connectivity index (χ3v) is 1.95. The average Bonchev–Trinajstić information content (AvgIpc) is 2.20. The van der Waals surface area contributed by atoms with Crippen LogP contribution < -0.4 is 11.1 Å². The van der Waals surface area contributed by atoms with Crippen molar-refractivity contribution in [3.63, 3.8) is 0 Å². The Kier molecular flexibility index (Phi) is 4.72. The second-order valence-electron chi connectivity index (χ2n) is 3.12. The Hall–Kier alpha value is -1.35. The van der Waals surface area contributed by atoms with Crippen LogP contribution in [0.3, 0.4) is 0 Å². The van der Waals surface area contributed by atoms with Gasteiger partial charge in [-0.05, 0) is 12.0 Å². The van der Waals surface area contributed by atoms with Gasteiger partial charge < -0.3 is 11.1 Å². The number of carbonyl (C=O) groups is 1. The minimum atomic E-state index is 0.0310. The van der Waals surface area contributed by atoms with E-state index >= 15 is 0 Å². The predicted octanol–water partition coefficient (Wildman–Crippen LogP) is 0.694. The lowest BCUT2D eigenvalue weighted by Gasteiger charge is -2.03. The van der Waals surface area contributed by atoms with Gasteiger partial charge in [0.1, 0.15) is 0 Å². The van der Waals surface area contributed by atoms with E-state index in [-0.39, 0.29) is 5.91 Å². The molecule has 0 aliphatic heterocycles. The number of carbonyl (C=O) groups excluding carboxylic acids is 1. The monoisotopic (exact) mass is 192 g/mol. The van der Waals surface area contributed by atoms with Gasteiger partial charge in [-0.3, -0.25) is 4.79 Å². The molecular weight excluding hydrogens is 176 g/mol. The van der Waals surface area contributed by atoms with Crippen LogP contribution in [0.2, 0.25) is 0 Å². The molecule has 1 aromatic carbocycles. The molecule has 0 aromatic heterocycles. The Balaban J connectivity index is 2.19. The SMILES string of the molecule is NCCC(=O)NCCc1ccccc1. The summed E-state index contributed by atoms with van der Waals surface area (Å²) in [5.41, 5.74) is 6.49. The summed E-state index contributed by atoms with van der Waals surface area (Å²) in [6.45, 7) is 1.10. The van der Waals surface area contributed by atoms with Gasteiger partial charge in [0.15, 0.2) is 0 Å². The van der Waals surface area contributed by atoms with Gasteiger partial charge in [0.2, 0.25) is 5.91 Å². The molecule has 1 amide bonds. The van der Waals surface area contributed by atoms with Crippen molar-refractivity contribution in [3.8, 4) is 0 Å². The molecule has 3 N–H and O–H groups in total. The van der Waals surface area contributed by atoms with Gasteiger partial charge in [0, 0.05) is 19.5 Å². The molecular formula is C11H16N2O. The first-order valence-corrected chi connectivity index (χ1v) is 4.83. The molecule has 3 heteroatoms. The summed E-state index contributed by atoms with van der Waals surface area (Å²) < 4.78 is 0. The van der Waals surface area contributed by atoms with Crippen LogP contribution in [0.25, 0.3) is 0 Å². The Morgan fingerprint density at radius 2 is 2.00 bits per heavy atom. The zero-order chi connectivity index (χ0) is 10.2. The van der Waals surface area contributed by atoms with Crippen LogP contribution in [0, 0.1) is 0 Å². The van der Waals surface area contributed by atoms with E-state index in [0.29, 0.717) is 19.5 Å². The Morgan fingerprint density at radius 1 is 1.29 bits per heavy atom. The van der Waals surface area contributed by atoms with E-state index in [1.54, 1.807) is 0 Å². The van der Waals surface area contributed by atoms with Crippen molar-refractivity contribution in [2.45, 2.75) is 12.8 Å². The quantitative estimate of drug-likeness (QED) is 0.721. The molecule has 0 saturated heterocycles. The molecule has 0 unspecified atom stereocenters. The molecule has 0 saturated carbocycles. The van der Waals surface area contributed by atoms with Crippen molar-refractivity contribution in [2.75, 3.05) is 13.1 Å². The van der Waals surface area contributed by atoms with Crippen molar-refractivity contribution < 1.29 is 4.79 Å². The molecule has 0 aliphatic carbocycles. The largest absolute Gasteiger partial charge is 0.356 e. The maximum absolute atomic E-state index is 11.0. The van der Waals surface area contributed by atoms with Gasteiger partial charge in [-0.25, -0.2) is 0 Å². The first-order valence-electron chi connectivity index (χ1n) is 4.83. The number of amides is 1. The molecule has 1 rings (SSSR count). The highest BCUT2D eigenvalue weighted by Gasteiger charge is 1.97. The van der Waals surface area contributed by atoms with E-state index in [0.717, 1.165) is 6.42 Å². The first kappa shape index (κ1) is 10.7. The third-order valence-electron chi connectivity index (χ3n) is 1.95. The summed E-state index contributed by atoms with van der Waals surface area (Å²) >= 11 is 0. The maximum Gasteiger partial charge on any atom is 0.221 e. The third kappa shape index (κ3) is 4.05. The van der Waals surface area contributed by atoms with Gasteiger partial charge in [-0.1, -0.05) is 30.3 Å². The Morgan fingerprint density at radius 3 is 2.64 bits per heavy atom. The van der Waals surface area contributed by atoms with Gasteiger partial charge in [-0.15, -0.1) is 0 Å². The van der Waals surface area contributed by atoms with Gasteiger partial charge in [0.05, 0.1) is 0 Å². The van der Waals surface area contributed by atoms with E-state index in [1.165, 1.54) is 5.56 Å². The number of benzene rings is 1. The van der Waals surface area contributed by atoms with E-state index in [2.05, 4.69) is 17.4 Å². The standard InChI is InChI=1S/C11H16N2O/c12-8-6-11(14)13-9-7-10-4-2-1-3-5-10/h1-5H,6-9,12H2,(H,13,14). The summed E-state index contributed by atoms with van der Waals surface area (Å²) in [6.07, 6.45) is 1.28. The molecule has 14 heavy (non-hydrogen) atoms. The smallest absolute Gasteiger partial charge is 0.221 e.